The van der Waals surface area contributed by atoms with E-state index in [0.29, 0.717) is 13.0 Å². The second-order valence-electron chi connectivity index (χ2n) is 7.53. The van der Waals surface area contributed by atoms with Crippen LogP contribution in [0.25, 0.3) is 0 Å². The van der Waals surface area contributed by atoms with E-state index in [4.69, 9.17) is 0 Å². The molecule has 0 saturated carbocycles. The number of hydrogen-bond donors (Lipinski definition) is 2. The van der Waals surface area contributed by atoms with Crippen LogP contribution in [0.15, 0.2) is 48.7 Å². The lowest BCUT2D eigenvalue weighted by atomic mass is 9.94. The van der Waals surface area contributed by atoms with E-state index in [2.05, 4.69) is 55.7 Å². The number of piperazine rings is 1. The molecule has 0 radical (unpaired) electrons. The van der Waals surface area contributed by atoms with Crippen LogP contribution in [0, 0.1) is 0 Å². The van der Waals surface area contributed by atoms with Crippen molar-refractivity contribution in [3.63, 3.8) is 0 Å². The Labute approximate surface area is 166 Å². The molecule has 0 spiro atoms. The van der Waals surface area contributed by atoms with Crippen molar-refractivity contribution in [3.8, 4) is 0 Å². The SMILES string of the molecule is O=C(CCN1CCN(c2ccccn2)CC1)NCC1NCCc2ccccc21. The Kier molecular flexibility index (Phi) is 6.19. The summed E-state index contributed by atoms with van der Waals surface area (Å²) in [4.78, 5) is 21.4. The van der Waals surface area contributed by atoms with Crippen LogP contribution in [0.1, 0.15) is 23.6 Å². The quantitative estimate of drug-likeness (QED) is 0.798. The minimum absolute atomic E-state index is 0.136. The van der Waals surface area contributed by atoms with Crippen LogP contribution in [-0.4, -0.2) is 61.6 Å². The van der Waals surface area contributed by atoms with Gasteiger partial charge in [-0.05, 0) is 36.2 Å². The fourth-order valence-corrected chi connectivity index (χ4v) is 4.08. The third-order valence-electron chi connectivity index (χ3n) is 5.72. The van der Waals surface area contributed by atoms with Crippen molar-refractivity contribution in [1.82, 2.24) is 20.5 Å². The third kappa shape index (κ3) is 4.69. The number of carbonyl (C=O) groups is 1. The van der Waals surface area contributed by atoms with Crippen molar-refractivity contribution < 1.29 is 4.79 Å². The zero-order chi connectivity index (χ0) is 19.2. The summed E-state index contributed by atoms with van der Waals surface area (Å²) in [6.07, 6.45) is 3.45. The van der Waals surface area contributed by atoms with E-state index in [0.717, 1.165) is 51.5 Å². The highest BCUT2D eigenvalue weighted by Gasteiger charge is 2.21. The molecule has 1 amide bonds. The molecule has 1 aromatic heterocycles. The number of rotatable bonds is 6. The van der Waals surface area contributed by atoms with Crippen LogP contribution in [0.2, 0.25) is 0 Å². The third-order valence-corrected chi connectivity index (χ3v) is 5.72. The number of amides is 1. The smallest absolute Gasteiger partial charge is 0.221 e. The summed E-state index contributed by atoms with van der Waals surface area (Å²) in [5, 5.41) is 6.64. The fraction of sp³-hybridized carbons (Fsp3) is 0.455. The summed E-state index contributed by atoms with van der Waals surface area (Å²) in [7, 11) is 0. The lowest BCUT2D eigenvalue weighted by molar-refractivity contribution is -0.121. The van der Waals surface area contributed by atoms with E-state index < -0.39 is 0 Å². The van der Waals surface area contributed by atoms with Crippen molar-refractivity contribution in [2.24, 2.45) is 0 Å². The van der Waals surface area contributed by atoms with Gasteiger partial charge in [0.1, 0.15) is 5.82 Å². The maximum absolute atomic E-state index is 12.3. The average Bonchev–Trinajstić information content (AvgIpc) is 2.77. The average molecular weight is 380 g/mol. The Hall–Kier alpha value is -2.44. The highest BCUT2D eigenvalue weighted by molar-refractivity contribution is 5.76. The van der Waals surface area contributed by atoms with Crippen molar-refractivity contribution in [2.45, 2.75) is 18.9 Å². The minimum Gasteiger partial charge on any atom is -0.354 e. The number of nitrogens with zero attached hydrogens (tertiary/aromatic N) is 3. The fourth-order valence-electron chi connectivity index (χ4n) is 4.08. The second-order valence-corrected chi connectivity index (χ2v) is 7.53. The van der Waals surface area contributed by atoms with Crippen LogP contribution in [0.5, 0.6) is 0 Å². The van der Waals surface area contributed by atoms with Gasteiger partial charge in [-0.3, -0.25) is 9.69 Å². The first-order valence-electron chi connectivity index (χ1n) is 10.3. The molecule has 2 aliphatic heterocycles. The summed E-state index contributed by atoms with van der Waals surface area (Å²) < 4.78 is 0. The molecule has 0 aliphatic carbocycles. The molecule has 1 unspecified atom stereocenters. The summed E-state index contributed by atoms with van der Waals surface area (Å²) in [6.45, 7) is 6.31. The van der Waals surface area contributed by atoms with Gasteiger partial charge in [0.05, 0.1) is 0 Å². The standard InChI is InChI=1S/C22H29N5O/c28-22(25-17-20-19-6-2-1-5-18(19)8-11-23-20)9-12-26-13-15-27(16-14-26)21-7-3-4-10-24-21/h1-7,10,20,23H,8-9,11-17H2,(H,25,28). The molecule has 28 heavy (non-hydrogen) atoms. The van der Waals surface area contributed by atoms with Crippen LogP contribution in [0.4, 0.5) is 5.82 Å². The van der Waals surface area contributed by atoms with E-state index in [-0.39, 0.29) is 11.9 Å². The van der Waals surface area contributed by atoms with Gasteiger partial charge < -0.3 is 15.5 Å². The molecule has 4 rings (SSSR count). The van der Waals surface area contributed by atoms with Crippen molar-refractivity contribution in [3.05, 3.63) is 59.8 Å². The van der Waals surface area contributed by atoms with Gasteiger partial charge in [-0.1, -0.05) is 30.3 Å². The lowest BCUT2D eigenvalue weighted by Crippen LogP contribution is -2.47. The first-order valence-corrected chi connectivity index (χ1v) is 10.3. The highest BCUT2D eigenvalue weighted by Crippen LogP contribution is 2.21. The largest absolute Gasteiger partial charge is 0.354 e. The molecule has 2 aromatic rings. The summed E-state index contributed by atoms with van der Waals surface area (Å²) in [5.41, 5.74) is 2.71. The molecule has 2 N–H and O–H groups in total. The molecule has 6 heteroatoms. The molecule has 1 fully saturated rings. The van der Waals surface area contributed by atoms with Crippen LogP contribution in [0.3, 0.4) is 0 Å². The maximum atomic E-state index is 12.3. The van der Waals surface area contributed by atoms with Gasteiger partial charge >= 0.3 is 0 Å². The number of pyridine rings is 1. The van der Waals surface area contributed by atoms with Crippen LogP contribution in [-0.2, 0) is 11.2 Å². The maximum Gasteiger partial charge on any atom is 0.221 e. The molecule has 148 valence electrons. The van der Waals surface area contributed by atoms with Gasteiger partial charge in [-0.2, -0.15) is 0 Å². The Morgan fingerprint density at radius 1 is 1.11 bits per heavy atom. The number of hydrogen-bond acceptors (Lipinski definition) is 5. The molecule has 2 aliphatic rings. The van der Waals surface area contributed by atoms with Gasteiger partial charge in [0, 0.05) is 57.9 Å². The lowest BCUT2D eigenvalue weighted by Gasteiger charge is -2.35. The van der Waals surface area contributed by atoms with E-state index in [1.54, 1.807) is 0 Å². The van der Waals surface area contributed by atoms with E-state index >= 15 is 0 Å². The van der Waals surface area contributed by atoms with Crippen molar-refractivity contribution in [1.29, 1.82) is 0 Å². The molecular formula is C22H29N5O. The zero-order valence-corrected chi connectivity index (χ0v) is 16.3. The van der Waals surface area contributed by atoms with E-state index in [1.165, 1.54) is 11.1 Å². The molecular weight excluding hydrogens is 350 g/mol. The molecule has 0 bridgehead atoms. The predicted octanol–water partition coefficient (Wildman–Crippen LogP) is 1.60. The van der Waals surface area contributed by atoms with Gasteiger partial charge in [-0.15, -0.1) is 0 Å². The first-order chi connectivity index (χ1) is 13.8. The number of nitrogens with one attached hydrogen (secondary N) is 2. The zero-order valence-electron chi connectivity index (χ0n) is 16.3. The molecule has 3 heterocycles. The summed E-state index contributed by atoms with van der Waals surface area (Å²) in [5.74, 6) is 1.18. The predicted molar refractivity (Wildman–Crippen MR) is 111 cm³/mol. The molecule has 1 saturated heterocycles. The number of carbonyl (C=O) groups excluding carboxylic acids is 1. The van der Waals surface area contributed by atoms with Gasteiger partial charge in [0.15, 0.2) is 0 Å². The normalized spacial score (nSPS) is 19.9. The van der Waals surface area contributed by atoms with Gasteiger partial charge in [0.2, 0.25) is 5.91 Å². The minimum atomic E-state index is 0.136. The monoisotopic (exact) mass is 379 g/mol. The Morgan fingerprint density at radius 3 is 2.75 bits per heavy atom. The van der Waals surface area contributed by atoms with Crippen LogP contribution >= 0.6 is 0 Å². The first kappa shape index (κ1) is 18.9. The number of fused-ring (bicyclic) bond motifs is 1. The number of aromatic nitrogens is 1. The van der Waals surface area contributed by atoms with Crippen LogP contribution < -0.4 is 15.5 Å². The highest BCUT2D eigenvalue weighted by atomic mass is 16.1. The number of anilines is 1. The summed E-state index contributed by atoms with van der Waals surface area (Å²) >= 11 is 0. The topological polar surface area (TPSA) is 60.5 Å². The molecule has 1 atom stereocenters. The van der Waals surface area contributed by atoms with Gasteiger partial charge in [-0.25, -0.2) is 4.98 Å². The van der Waals surface area contributed by atoms with E-state index in [9.17, 15) is 4.79 Å². The summed E-state index contributed by atoms with van der Waals surface area (Å²) in [6, 6.07) is 14.8. The second kappa shape index (κ2) is 9.17. The van der Waals surface area contributed by atoms with Gasteiger partial charge in [0.25, 0.3) is 0 Å². The Bertz CT molecular complexity index is 774. The van der Waals surface area contributed by atoms with Crippen molar-refractivity contribution >= 4 is 11.7 Å². The molecule has 6 nitrogen and oxygen atoms in total. The Balaban J connectivity index is 1.18. The molecule has 1 aromatic carbocycles. The Morgan fingerprint density at radius 2 is 1.93 bits per heavy atom. The van der Waals surface area contributed by atoms with E-state index in [1.807, 2.05) is 18.3 Å². The number of benzene rings is 1. The van der Waals surface area contributed by atoms with Crippen molar-refractivity contribution in [2.75, 3.05) is 50.7 Å².